The predicted molar refractivity (Wildman–Crippen MR) is 63.6 cm³/mol. The molecule has 1 atom stereocenters. The third kappa shape index (κ3) is 5.37. The normalized spacial score (nSPS) is 20.4. The van der Waals surface area contributed by atoms with Gasteiger partial charge in [-0.05, 0) is 12.8 Å². The summed E-state index contributed by atoms with van der Waals surface area (Å²) in [5.74, 6) is 1.13. The van der Waals surface area contributed by atoms with E-state index >= 15 is 0 Å². The number of carboxylic acid groups (broad SMARTS) is 1. The van der Waals surface area contributed by atoms with Crippen LogP contribution in [0.5, 0.6) is 0 Å². The molecule has 0 aromatic carbocycles. The van der Waals surface area contributed by atoms with Gasteiger partial charge in [0, 0.05) is 31.0 Å². The molecule has 6 heteroatoms. The molecule has 3 N–H and O–H groups in total. The molecule has 1 aliphatic heterocycles. The van der Waals surface area contributed by atoms with Crippen molar-refractivity contribution in [2.45, 2.75) is 25.3 Å². The van der Waals surface area contributed by atoms with Crippen molar-refractivity contribution in [3.63, 3.8) is 0 Å². The molecule has 1 aliphatic rings. The van der Waals surface area contributed by atoms with E-state index in [4.69, 9.17) is 5.11 Å². The van der Waals surface area contributed by atoms with E-state index in [-0.39, 0.29) is 18.4 Å². The third-order valence-electron chi connectivity index (χ3n) is 2.35. The summed E-state index contributed by atoms with van der Waals surface area (Å²) in [5.41, 5.74) is 0. The van der Waals surface area contributed by atoms with Crippen molar-refractivity contribution < 1.29 is 14.7 Å². The standard InChI is InChI=1S/C10H18N2O3S/c13-9(14)3-1-2-4-12-10(15)8-7-16-6-5-11-8/h8,11H,1-7H2,(H,12,15)(H,13,14). The van der Waals surface area contributed by atoms with Gasteiger partial charge in [-0.1, -0.05) is 0 Å². The summed E-state index contributed by atoms with van der Waals surface area (Å²) < 4.78 is 0. The van der Waals surface area contributed by atoms with Gasteiger partial charge in [-0.25, -0.2) is 0 Å². The van der Waals surface area contributed by atoms with E-state index in [2.05, 4.69) is 10.6 Å². The average molecular weight is 246 g/mol. The third-order valence-corrected chi connectivity index (χ3v) is 3.42. The van der Waals surface area contributed by atoms with Crippen molar-refractivity contribution in [3.8, 4) is 0 Å². The highest BCUT2D eigenvalue weighted by molar-refractivity contribution is 7.99. The summed E-state index contributed by atoms with van der Waals surface area (Å²) in [7, 11) is 0. The van der Waals surface area contributed by atoms with Crippen LogP contribution in [-0.4, -0.2) is 47.6 Å². The first kappa shape index (κ1) is 13.3. The van der Waals surface area contributed by atoms with Crippen LogP contribution in [0.2, 0.25) is 0 Å². The van der Waals surface area contributed by atoms with Crippen LogP contribution in [0.3, 0.4) is 0 Å². The fraction of sp³-hybridized carbons (Fsp3) is 0.800. The van der Waals surface area contributed by atoms with Gasteiger partial charge in [-0.3, -0.25) is 9.59 Å². The minimum absolute atomic E-state index is 0.0301. The first-order valence-corrected chi connectivity index (χ1v) is 6.66. The largest absolute Gasteiger partial charge is 0.481 e. The van der Waals surface area contributed by atoms with Gasteiger partial charge in [0.2, 0.25) is 5.91 Å². The number of carbonyl (C=O) groups excluding carboxylic acids is 1. The Balaban J connectivity index is 2.03. The van der Waals surface area contributed by atoms with Gasteiger partial charge in [0.05, 0.1) is 6.04 Å². The smallest absolute Gasteiger partial charge is 0.303 e. The molecule has 16 heavy (non-hydrogen) atoms. The van der Waals surface area contributed by atoms with Crippen LogP contribution >= 0.6 is 11.8 Å². The van der Waals surface area contributed by atoms with Gasteiger partial charge in [-0.15, -0.1) is 0 Å². The number of nitrogens with one attached hydrogen (secondary N) is 2. The van der Waals surface area contributed by atoms with Gasteiger partial charge in [0.1, 0.15) is 0 Å². The zero-order valence-electron chi connectivity index (χ0n) is 9.20. The van der Waals surface area contributed by atoms with E-state index in [0.29, 0.717) is 13.0 Å². The number of unbranched alkanes of at least 4 members (excludes halogenated alkanes) is 1. The Kier molecular flexibility index (Phi) is 6.25. The van der Waals surface area contributed by atoms with Gasteiger partial charge in [0.25, 0.3) is 0 Å². The first-order chi connectivity index (χ1) is 7.70. The lowest BCUT2D eigenvalue weighted by Gasteiger charge is -2.22. The minimum Gasteiger partial charge on any atom is -0.481 e. The molecule has 0 radical (unpaired) electrons. The lowest BCUT2D eigenvalue weighted by atomic mass is 10.2. The minimum atomic E-state index is -0.781. The molecule has 1 amide bonds. The van der Waals surface area contributed by atoms with Crippen LogP contribution in [0.1, 0.15) is 19.3 Å². The molecule has 0 saturated carbocycles. The SMILES string of the molecule is O=C(O)CCCCNC(=O)C1CSCCN1. The molecule has 5 nitrogen and oxygen atoms in total. The zero-order chi connectivity index (χ0) is 11.8. The summed E-state index contributed by atoms with van der Waals surface area (Å²) in [5, 5.41) is 14.4. The van der Waals surface area contributed by atoms with E-state index in [1.165, 1.54) is 0 Å². The number of aliphatic carboxylic acids is 1. The summed E-state index contributed by atoms with van der Waals surface area (Å²) in [6.07, 6.45) is 1.51. The second-order valence-electron chi connectivity index (χ2n) is 3.72. The van der Waals surface area contributed by atoms with Crippen LogP contribution in [0.4, 0.5) is 0 Å². The molecule has 0 aromatic rings. The summed E-state index contributed by atoms with van der Waals surface area (Å²) >= 11 is 1.78. The van der Waals surface area contributed by atoms with Crippen LogP contribution < -0.4 is 10.6 Å². The molecule has 1 unspecified atom stereocenters. The van der Waals surface area contributed by atoms with Gasteiger partial charge in [-0.2, -0.15) is 11.8 Å². The van der Waals surface area contributed by atoms with Gasteiger partial charge >= 0.3 is 5.97 Å². The topological polar surface area (TPSA) is 78.4 Å². The Morgan fingerprint density at radius 1 is 1.44 bits per heavy atom. The van der Waals surface area contributed by atoms with Crippen molar-refractivity contribution >= 4 is 23.6 Å². The Labute approximate surface area is 99.4 Å². The molecule has 1 saturated heterocycles. The van der Waals surface area contributed by atoms with Gasteiger partial charge < -0.3 is 15.7 Å². The molecule has 1 fully saturated rings. The summed E-state index contributed by atoms with van der Waals surface area (Å²) in [6.45, 7) is 1.44. The summed E-state index contributed by atoms with van der Waals surface area (Å²) in [6, 6.07) is -0.0850. The van der Waals surface area contributed by atoms with E-state index < -0.39 is 5.97 Å². The number of hydrogen-bond acceptors (Lipinski definition) is 4. The number of amides is 1. The number of thioether (sulfide) groups is 1. The second-order valence-corrected chi connectivity index (χ2v) is 4.87. The highest BCUT2D eigenvalue weighted by Gasteiger charge is 2.19. The van der Waals surface area contributed by atoms with E-state index in [1.54, 1.807) is 11.8 Å². The number of hydrogen-bond donors (Lipinski definition) is 3. The highest BCUT2D eigenvalue weighted by Crippen LogP contribution is 2.07. The molecule has 0 aliphatic carbocycles. The molecule has 0 bridgehead atoms. The fourth-order valence-corrected chi connectivity index (χ4v) is 2.40. The highest BCUT2D eigenvalue weighted by atomic mass is 32.2. The van der Waals surface area contributed by atoms with Crippen LogP contribution in [0, 0.1) is 0 Å². The van der Waals surface area contributed by atoms with Crippen LogP contribution in [-0.2, 0) is 9.59 Å². The predicted octanol–water partition coefficient (Wildman–Crippen LogP) is 0.0625. The van der Waals surface area contributed by atoms with Crippen molar-refractivity contribution in [3.05, 3.63) is 0 Å². The maximum atomic E-state index is 11.6. The number of rotatable bonds is 6. The fourth-order valence-electron chi connectivity index (χ4n) is 1.47. The number of carbonyl (C=O) groups is 2. The van der Waals surface area contributed by atoms with Crippen molar-refractivity contribution in [1.82, 2.24) is 10.6 Å². The maximum Gasteiger partial charge on any atom is 0.303 e. The molecule has 92 valence electrons. The van der Waals surface area contributed by atoms with Gasteiger partial charge in [0.15, 0.2) is 0 Å². The van der Waals surface area contributed by atoms with Crippen LogP contribution in [0.25, 0.3) is 0 Å². The quantitative estimate of drug-likeness (QED) is 0.578. The Morgan fingerprint density at radius 2 is 2.25 bits per heavy atom. The molecular formula is C10H18N2O3S. The molecular weight excluding hydrogens is 228 g/mol. The average Bonchev–Trinajstić information content (AvgIpc) is 2.29. The Morgan fingerprint density at radius 3 is 2.88 bits per heavy atom. The maximum absolute atomic E-state index is 11.6. The van der Waals surface area contributed by atoms with Crippen molar-refractivity contribution in [2.24, 2.45) is 0 Å². The second kappa shape index (κ2) is 7.51. The van der Waals surface area contributed by atoms with E-state index in [9.17, 15) is 9.59 Å². The molecule has 0 spiro atoms. The monoisotopic (exact) mass is 246 g/mol. The van der Waals surface area contributed by atoms with E-state index in [0.717, 1.165) is 24.5 Å². The van der Waals surface area contributed by atoms with Crippen LogP contribution in [0.15, 0.2) is 0 Å². The lowest BCUT2D eigenvalue weighted by molar-refractivity contribution is -0.137. The number of carboxylic acids is 1. The van der Waals surface area contributed by atoms with Crippen molar-refractivity contribution in [2.75, 3.05) is 24.6 Å². The molecule has 1 rings (SSSR count). The zero-order valence-corrected chi connectivity index (χ0v) is 10.0. The lowest BCUT2D eigenvalue weighted by Crippen LogP contribution is -2.49. The Bertz CT molecular complexity index is 242. The van der Waals surface area contributed by atoms with Crippen molar-refractivity contribution in [1.29, 1.82) is 0 Å². The Hall–Kier alpha value is -0.750. The van der Waals surface area contributed by atoms with E-state index in [1.807, 2.05) is 0 Å². The first-order valence-electron chi connectivity index (χ1n) is 5.51. The molecule has 0 aromatic heterocycles. The molecule has 1 heterocycles. The summed E-state index contributed by atoms with van der Waals surface area (Å²) in [4.78, 5) is 21.8.